The van der Waals surface area contributed by atoms with Crippen molar-refractivity contribution in [3.8, 4) is 39.7 Å². The number of phenols is 1. The van der Waals surface area contributed by atoms with Crippen molar-refractivity contribution in [2.75, 3.05) is 0 Å². The predicted molar refractivity (Wildman–Crippen MR) is 94.4 cm³/mol. The molecule has 0 saturated heterocycles. The highest BCUT2D eigenvalue weighted by Crippen LogP contribution is 2.36. The van der Waals surface area contributed by atoms with E-state index in [1.165, 1.54) is 0 Å². The van der Waals surface area contributed by atoms with Gasteiger partial charge < -0.3 is 10.1 Å². The van der Waals surface area contributed by atoms with E-state index in [9.17, 15) is 5.11 Å². The van der Waals surface area contributed by atoms with E-state index < -0.39 is 0 Å². The van der Waals surface area contributed by atoms with Crippen molar-refractivity contribution < 1.29 is 5.11 Å². The number of hydrogen-bond donors (Lipinski definition) is 2. The highest BCUT2D eigenvalue weighted by atomic mass is 16.3. The minimum atomic E-state index is 0.219. The van der Waals surface area contributed by atoms with Gasteiger partial charge in [-0.15, -0.1) is 0 Å². The molecule has 2 aromatic carbocycles. The van der Waals surface area contributed by atoms with Gasteiger partial charge in [-0.25, -0.2) is 4.98 Å². The number of hydrogen-bond acceptors (Lipinski definition) is 3. The van der Waals surface area contributed by atoms with Crippen LogP contribution >= 0.6 is 0 Å². The molecule has 0 aliphatic rings. The van der Waals surface area contributed by atoms with Crippen LogP contribution in [0.2, 0.25) is 0 Å². The molecule has 0 aliphatic carbocycles. The van der Waals surface area contributed by atoms with E-state index in [4.69, 9.17) is 4.98 Å². The van der Waals surface area contributed by atoms with Gasteiger partial charge in [-0.05, 0) is 24.3 Å². The van der Waals surface area contributed by atoms with Gasteiger partial charge in [0, 0.05) is 29.1 Å². The van der Waals surface area contributed by atoms with Crippen LogP contribution in [-0.2, 0) is 0 Å². The van der Waals surface area contributed by atoms with Gasteiger partial charge in [-0.3, -0.25) is 4.98 Å². The fraction of sp³-hybridized carbons (Fsp3) is 0. The minimum absolute atomic E-state index is 0.219. The van der Waals surface area contributed by atoms with Gasteiger partial charge in [0.05, 0.1) is 11.4 Å². The number of para-hydroxylation sites is 1. The second-order valence-electron chi connectivity index (χ2n) is 5.43. The average Bonchev–Trinajstić information content (AvgIpc) is 3.09. The number of pyridine rings is 1. The lowest BCUT2D eigenvalue weighted by atomic mass is 10.1. The third-order valence-electron chi connectivity index (χ3n) is 3.88. The van der Waals surface area contributed by atoms with Gasteiger partial charge in [-0.1, -0.05) is 42.5 Å². The predicted octanol–water partition coefficient (Wildman–Crippen LogP) is 4.51. The number of aromatic hydroxyl groups is 1. The Hall–Kier alpha value is -3.40. The van der Waals surface area contributed by atoms with Gasteiger partial charge in [0.25, 0.3) is 0 Å². The molecule has 0 radical (unpaired) electrons. The molecule has 4 aromatic rings. The van der Waals surface area contributed by atoms with Gasteiger partial charge in [0.15, 0.2) is 0 Å². The first-order valence-electron chi connectivity index (χ1n) is 7.67. The number of aromatic amines is 1. The van der Waals surface area contributed by atoms with Gasteiger partial charge in [0.1, 0.15) is 11.6 Å². The third-order valence-corrected chi connectivity index (χ3v) is 3.88. The number of imidazole rings is 1. The maximum atomic E-state index is 10.3. The Morgan fingerprint density at radius 2 is 1.46 bits per heavy atom. The molecule has 116 valence electrons. The van der Waals surface area contributed by atoms with Crippen LogP contribution in [-0.4, -0.2) is 20.1 Å². The van der Waals surface area contributed by atoms with E-state index >= 15 is 0 Å². The molecule has 2 heterocycles. The van der Waals surface area contributed by atoms with E-state index in [-0.39, 0.29) is 5.75 Å². The van der Waals surface area contributed by atoms with Gasteiger partial charge in [0.2, 0.25) is 0 Å². The van der Waals surface area contributed by atoms with Crippen molar-refractivity contribution in [1.29, 1.82) is 0 Å². The molecule has 0 atom stereocenters. The Bertz CT molecular complexity index is 963. The minimum Gasteiger partial charge on any atom is -0.507 e. The summed E-state index contributed by atoms with van der Waals surface area (Å²) < 4.78 is 0. The molecule has 24 heavy (non-hydrogen) atoms. The summed E-state index contributed by atoms with van der Waals surface area (Å²) in [7, 11) is 0. The molecular weight excluding hydrogens is 298 g/mol. The lowest BCUT2D eigenvalue weighted by Gasteiger charge is -2.05. The number of rotatable bonds is 3. The van der Waals surface area contributed by atoms with E-state index in [1.807, 2.05) is 54.6 Å². The van der Waals surface area contributed by atoms with Gasteiger partial charge >= 0.3 is 0 Å². The Morgan fingerprint density at radius 1 is 0.750 bits per heavy atom. The highest BCUT2D eigenvalue weighted by Gasteiger charge is 2.17. The Balaban J connectivity index is 1.94. The topological polar surface area (TPSA) is 61.8 Å². The van der Waals surface area contributed by atoms with Crippen molar-refractivity contribution in [3.63, 3.8) is 0 Å². The molecule has 4 heteroatoms. The summed E-state index contributed by atoms with van der Waals surface area (Å²) in [5.74, 6) is 0.983. The summed E-state index contributed by atoms with van der Waals surface area (Å²) in [5.41, 5.74) is 4.24. The normalized spacial score (nSPS) is 10.7. The molecule has 0 saturated carbocycles. The molecule has 0 spiro atoms. The van der Waals surface area contributed by atoms with Crippen LogP contribution in [0.4, 0.5) is 0 Å². The van der Waals surface area contributed by atoms with Crippen molar-refractivity contribution >= 4 is 0 Å². The second kappa shape index (κ2) is 6.01. The van der Waals surface area contributed by atoms with E-state index in [1.54, 1.807) is 24.5 Å². The molecule has 0 aliphatic heterocycles. The van der Waals surface area contributed by atoms with E-state index in [2.05, 4.69) is 9.97 Å². The Morgan fingerprint density at radius 3 is 2.21 bits per heavy atom. The second-order valence-corrected chi connectivity index (χ2v) is 5.43. The summed E-state index contributed by atoms with van der Waals surface area (Å²) >= 11 is 0. The molecule has 4 nitrogen and oxygen atoms in total. The first-order chi connectivity index (χ1) is 11.8. The van der Waals surface area contributed by atoms with E-state index in [0.29, 0.717) is 0 Å². The molecule has 4 rings (SSSR count). The van der Waals surface area contributed by atoms with Crippen LogP contribution in [0.25, 0.3) is 33.9 Å². The highest BCUT2D eigenvalue weighted by molar-refractivity contribution is 5.83. The summed E-state index contributed by atoms with van der Waals surface area (Å²) in [6.45, 7) is 0. The monoisotopic (exact) mass is 313 g/mol. The summed E-state index contributed by atoms with van der Waals surface area (Å²) in [6.07, 6.45) is 3.47. The quantitative estimate of drug-likeness (QED) is 0.585. The summed E-state index contributed by atoms with van der Waals surface area (Å²) in [5, 5.41) is 10.3. The van der Waals surface area contributed by atoms with Gasteiger partial charge in [-0.2, -0.15) is 0 Å². The summed E-state index contributed by atoms with van der Waals surface area (Å²) in [4.78, 5) is 12.2. The molecule has 2 aromatic heterocycles. The number of aromatic nitrogens is 3. The Labute approximate surface area is 139 Å². The molecule has 0 bridgehead atoms. The van der Waals surface area contributed by atoms with E-state index in [0.717, 1.165) is 33.9 Å². The maximum Gasteiger partial charge on any atom is 0.138 e. The SMILES string of the molecule is Oc1ccccc1-c1[nH]c(-c2ccccc2)nc1-c1ccncc1. The number of phenolic OH excluding ortho intramolecular Hbond substituents is 1. The molecule has 2 N–H and O–H groups in total. The smallest absolute Gasteiger partial charge is 0.138 e. The molecule has 0 unspecified atom stereocenters. The van der Waals surface area contributed by atoms with Crippen molar-refractivity contribution in [3.05, 3.63) is 79.1 Å². The lowest BCUT2D eigenvalue weighted by Crippen LogP contribution is -1.85. The van der Waals surface area contributed by atoms with Crippen molar-refractivity contribution in [1.82, 2.24) is 15.0 Å². The van der Waals surface area contributed by atoms with Crippen LogP contribution in [0.5, 0.6) is 5.75 Å². The number of H-pyrrole nitrogens is 1. The molecule has 0 fully saturated rings. The van der Waals surface area contributed by atoms with Crippen LogP contribution < -0.4 is 0 Å². The lowest BCUT2D eigenvalue weighted by molar-refractivity contribution is 0.477. The van der Waals surface area contributed by atoms with Crippen molar-refractivity contribution in [2.24, 2.45) is 0 Å². The Kier molecular flexibility index (Phi) is 3.56. The fourth-order valence-corrected chi connectivity index (χ4v) is 2.70. The largest absolute Gasteiger partial charge is 0.507 e. The zero-order valence-electron chi connectivity index (χ0n) is 12.8. The zero-order valence-corrected chi connectivity index (χ0v) is 12.8. The van der Waals surface area contributed by atoms with Crippen LogP contribution in [0.3, 0.4) is 0 Å². The fourth-order valence-electron chi connectivity index (χ4n) is 2.70. The first kappa shape index (κ1) is 14.2. The summed E-state index contributed by atoms with van der Waals surface area (Å²) in [6, 6.07) is 21.0. The zero-order chi connectivity index (χ0) is 16.4. The van der Waals surface area contributed by atoms with Crippen LogP contribution in [0, 0.1) is 0 Å². The number of nitrogens with zero attached hydrogens (tertiary/aromatic N) is 2. The first-order valence-corrected chi connectivity index (χ1v) is 7.67. The average molecular weight is 313 g/mol. The molecular formula is C20H15N3O. The number of benzene rings is 2. The number of nitrogens with one attached hydrogen (secondary N) is 1. The standard InChI is InChI=1S/C20H15N3O/c24-17-9-5-4-8-16(17)19-18(14-10-12-21-13-11-14)22-20(23-19)15-6-2-1-3-7-15/h1-13,24H,(H,22,23). The van der Waals surface area contributed by atoms with Crippen LogP contribution in [0.1, 0.15) is 0 Å². The van der Waals surface area contributed by atoms with Crippen LogP contribution in [0.15, 0.2) is 79.1 Å². The third kappa shape index (κ3) is 2.54. The molecule has 0 amide bonds. The van der Waals surface area contributed by atoms with Crippen molar-refractivity contribution in [2.45, 2.75) is 0 Å². The maximum absolute atomic E-state index is 10.3.